The summed E-state index contributed by atoms with van der Waals surface area (Å²) in [6.45, 7) is 4.86. The minimum absolute atomic E-state index is 0.147. The first-order chi connectivity index (χ1) is 30.1. The normalized spacial score (nSPS) is 22.2. The van der Waals surface area contributed by atoms with Gasteiger partial charge in [-0.05, 0) is 137 Å². The summed E-state index contributed by atoms with van der Waals surface area (Å²) in [7, 11) is 4.14. The maximum Gasteiger partial charge on any atom is 0.255 e. The largest absolute Gasteiger partial charge is 0.373 e. The number of aryl methyl sites for hydroxylation is 1. The van der Waals surface area contributed by atoms with Crippen molar-refractivity contribution < 1.29 is 18.8 Å². The molecule has 0 spiro atoms. The first kappa shape index (κ1) is 42.4. The first-order valence-corrected chi connectivity index (χ1v) is 23.0. The molecule has 2 saturated heterocycles. The van der Waals surface area contributed by atoms with E-state index in [2.05, 4.69) is 67.1 Å². The van der Waals surface area contributed by atoms with Crippen molar-refractivity contribution in [2.75, 3.05) is 50.0 Å². The van der Waals surface area contributed by atoms with Gasteiger partial charge in [-0.2, -0.15) is 5.10 Å². The standard InChI is InChI=1S/C47H58ClFN10O3/c1-56(22-18-50-33-7-9-34(10-8-33)53-47-51-27-40(48)44(55-47)38-26-52-57(2)42(38)23-30-3-4-30)35-11-5-29(6-12-35)15-19-58-20-16-31(17-21-58)36-24-32(49)25-37-39(36)28-59(46(37)62)41-13-14-43(60)54-45(41)61/h5-6,11-12,24-27,30-31,33-34,41,50H,3-4,7-10,13-23,28H2,1-2H3,(H,51,53,55)(H,54,60,61). The van der Waals surface area contributed by atoms with Gasteiger partial charge in [0, 0.05) is 81.3 Å². The summed E-state index contributed by atoms with van der Waals surface area (Å²) in [4.78, 5) is 53.3. The van der Waals surface area contributed by atoms with Crippen LogP contribution in [0.3, 0.4) is 0 Å². The molecule has 3 amide bonds. The van der Waals surface area contributed by atoms with E-state index in [0.29, 0.717) is 35.0 Å². The number of carbonyl (C=O) groups is 3. The minimum atomic E-state index is -0.709. The number of amides is 3. The van der Waals surface area contributed by atoms with Gasteiger partial charge in [0.2, 0.25) is 17.8 Å². The fourth-order valence-corrected chi connectivity index (χ4v) is 10.2. The Labute approximate surface area is 368 Å². The SMILES string of the molecule is CN(CCNC1CCC(Nc2ncc(Cl)c(-c3cnn(C)c3CC3CC3)n2)CC1)c1ccc(CCN2CCC(c3cc(F)cc4c3CN(C3CCC(=O)NC3=O)C4=O)CC2)cc1. The number of imide groups is 1. The van der Waals surface area contributed by atoms with E-state index in [1.807, 2.05) is 17.9 Å². The Balaban J connectivity index is 0.687. The zero-order chi connectivity index (χ0) is 42.9. The number of carbonyl (C=O) groups excluding carboxylic acids is 3. The molecule has 328 valence electrons. The molecule has 5 heterocycles. The second-order valence-electron chi connectivity index (χ2n) is 18.2. The Bertz CT molecular complexity index is 2280. The van der Waals surface area contributed by atoms with E-state index in [1.54, 1.807) is 12.3 Å². The number of benzene rings is 2. The molecule has 15 heteroatoms. The zero-order valence-corrected chi connectivity index (χ0v) is 36.6. The molecule has 2 aromatic heterocycles. The number of rotatable bonds is 15. The molecule has 4 fully saturated rings. The number of piperidine rings is 2. The van der Waals surface area contributed by atoms with Crippen LogP contribution < -0.4 is 20.9 Å². The fourth-order valence-electron chi connectivity index (χ4n) is 10.0. The smallest absolute Gasteiger partial charge is 0.255 e. The minimum Gasteiger partial charge on any atom is -0.373 e. The molecule has 1 unspecified atom stereocenters. The van der Waals surface area contributed by atoms with Gasteiger partial charge in [0.15, 0.2) is 0 Å². The van der Waals surface area contributed by atoms with Gasteiger partial charge in [-0.3, -0.25) is 24.4 Å². The highest BCUT2D eigenvalue weighted by molar-refractivity contribution is 6.33. The number of aromatic nitrogens is 4. The van der Waals surface area contributed by atoms with Crippen LogP contribution >= 0.6 is 11.6 Å². The lowest BCUT2D eigenvalue weighted by molar-refractivity contribution is -0.136. The van der Waals surface area contributed by atoms with Crippen LogP contribution in [-0.4, -0.2) is 105 Å². The molecule has 2 aliphatic carbocycles. The Morgan fingerprint density at radius 1 is 0.935 bits per heavy atom. The van der Waals surface area contributed by atoms with Gasteiger partial charge < -0.3 is 25.3 Å². The van der Waals surface area contributed by atoms with Gasteiger partial charge >= 0.3 is 0 Å². The van der Waals surface area contributed by atoms with Gasteiger partial charge in [0.05, 0.1) is 23.1 Å². The number of halogens is 2. The Kier molecular flexibility index (Phi) is 12.6. The van der Waals surface area contributed by atoms with Crippen LogP contribution in [0, 0.1) is 11.7 Å². The molecular weight excluding hydrogens is 807 g/mol. The topological polar surface area (TPSA) is 141 Å². The van der Waals surface area contributed by atoms with E-state index in [4.69, 9.17) is 16.6 Å². The van der Waals surface area contributed by atoms with E-state index in [9.17, 15) is 18.8 Å². The number of nitrogens with one attached hydrogen (secondary N) is 3. The lowest BCUT2D eigenvalue weighted by Gasteiger charge is -2.33. The van der Waals surface area contributed by atoms with Crippen molar-refractivity contribution in [1.82, 2.24) is 40.2 Å². The van der Waals surface area contributed by atoms with Crippen molar-refractivity contribution in [2.24, 2.45) is 13.0 Å². The van der Waals surface area contributed by atoms with Gasteiger partial charge in [0.25, 0.3) is 5.91 Å². The number of fused-ring (bicyclic) bond motifs is 1. The van der Waals surface area contributed by atoms with Crippen molar-refractivity contribution in [1.29, 1.82) is 0 Å². The summed E-state index contributed by atoms with van der Waals surface area (Å²) in [6.07, 6.45) is 14.7. The average Bonchev–Trinajstić information content (AvgIpc) is 3.95. The Hall–Kier alpha value is -4.92. The summed E-state index contributed by atoms with van der Waals surface area (Å²) >= 11 is 6.61. The van der Waals surface area contributed by atoms with E-state index in [-0.39, 0.29) is 30.7 Å². The van der Waals surface area contributed by atoms with Gasteiger partial charge in [-0.15, -0.1) is 0 Å². The third kappa shape index (κ3) is 9.52. The summed E-state index contributed by atoms with van der Waals surface area (Å²) in [6, 6.07) is 11.9. The molecule has 3 N–H and O–H groups in total. The average molecular weight is 865 g/mol. The van der Waals surface area contributed by atoms with E-state index in [1.165, 1.54) is 40.8 Å². The lowest BCUT2D eigenvalue weighted by atomic mass is 9.85. The highest BCUT2D eigenvalue weighted by Crippen LogP contribution is 2.39. The van der Waals surface area contributed by atoms with Crippen molar-refractivity contribution in [2.45, 2.75) is 108 Å². The molecule has 1 atom stereocenters. The van der Waals surface area contributed by atoms with Gasteiger partial charge in [-0.25, -0.2) is 14.4 Å². The fraction of sp³-hybridized carbons (Fsp3) is 0.532. The molecule has 5 aliphatic rings. The summed E-state index contributed by atoms with van der Waals surface area (Å²) < 4.78 is 16.8. The van der Waals surface area contributed by atoms with Gasteiger partial charge in [0.1, 0.15) is 11.9 Å². The van der Waals surface area contributed by atoms with Crippen LogP contribution in [0.15, 0.2) is 48.8 Å². The molecule has 0 radical (unpaired) electrons. The first-order valence-electron chi connectivity index (χ1n) is 22.6. The predicted octanol–water partition coefficient (Wildman–Crippen LogP) is 6.25. The van der Waals surface area contributed by atoms with Gasteiger partial charge in [-0.1, -0.05) is 23.7 Å². The van der Waals surface area contributed by atoms with Crippen LogP contribution in [0.2, 0.25) is 5.02 Å². The Morgan fingerprint density at radius 2 is 1.69 bits per heavy atom. The molecule has 0 bridgehead atoms. The third-order valence-corrected chi connectivity index (χ3v) is 14.2. The highest BCUT2D eigenvalue weighted by atomic mass is 35.5. The van der Waals surface area contributed by atoms with Crippen molar-refractivity contribution in [3.63, 3.8) is 0 Å². The van der Waals surface area contributed by atoms with Crippen LogP contribution in [0.4, 0.5) is 16.0 Å². The monoisotopic (exact) mass is 864 g/mol. The van der Waals surface area contributed by atoms with E-state index < -0.39 is 17.8 Å². The maximum atomic E-state index is 14.9. The third-order valence-electron chi connectivity index (χ3n) is 14.0. The number of anilines is 2. The van der Waals surface area contributed by atoms with Crippen LogP contribution in [0.5, 0.6) is 0 Å². The number of hydrogen-bond acceptors (Lipinski definition) is 10. The van der Waals surface area contributed by atoms with Crippen molar-refractivity contribution in [3.05, 3.63) is 87.6 Å². The second kappa shape index (κ2) is 18.4. The van der Waals surface area contributed by atoms with E-state index >= 15 is 0 Å². The summed E-state index contributed by atoms with van der Waals surface area (Å²) in [5.41, 5.74) is 7.52. The molecular formula is C47H58ClFN10O3. The zero-order valence-electron chi connectivity index (χ0n) is 35.8. The van der Waals surface area contributed by atoms with Crippen LogP contribution in [-0.2, 0) is 36.0 Å². The highest BCUT2D eigenvalue weighted by Gasteiger charge is 2.41. The number of nitrogens with zero attached hydrogens (tertiary/aromatic N) is 7. The summed E-state index contributed by atoms with van der Waals surface area (Å²) in [5, 5.41) is 14.8. The molecule has 2 saturated carbocycles. The Morgan fingerprint density at radius 3 is 2.44 bits per heavy atom. The molecule has 2 aromatic carbocycles. The summed E-state index contributed by atoms with van der Waals surface area (Å²) in [5.74, 6) is -0.0112. The molecule has 3 aliphatic heterocycles. The number of likely N-dealkylation sites (tertiary alicyclic amines) is 1. The van der Waals surface area contributed by atoms with Crippen LogP contribution in [0.25, 0.3) is 11.3 Å². The molecule has 13 nitrogen and oxygen atoms in total. The quantitative estimate of drug-likeness (QED) is 0.118. The lowest BCUT2D eigenvalue weighted by Crippen LogP contribution is -2.52. The van der Waals surface area contributed by atoms with E-state index in [0.717, 1.165) is 112 Å². The van der Waals surface area contributed by atoms with Crippen molar-refractivity contribution in [3.8, 4) is 11.3 Å². The predicted molar refractivity (Wildman–Crippen MR) is 238 cm³/mol. The number of hydrogen-bond donors (Lipinski definition) is 3. The second-order valence-corrected chi connectivity index (χ2v) is 18.6. The molecule has 62 heavy (non-hydrogen) atoms. The van der Waals surface area contributed by atoms with Crippen molar-refractivity contribution >= 4 is 41.0 Å². The molecule has 4 aromatic rings. The molecule has 9 rings (SSSR count). The number of likely N-dealkylation sites (N-methyl/N-ethyl adjacent to an activating group) is 1. The maximum absolute atomic E-state index is 14.9. The van der Waals surface area contributed by atoms with Crippen LogP contribution in [0.1, 0.15) is 103 Å².